The summed E-state index contributed by atoms with van der Waals surface area (Å²) in [6.07, 6.45) is 0. The zero-order valence-electron chi connectivity index (χ0n) is 17.9. The highest BCUT2D eigenvalue weighted by molar-refractivity contribution is 5.92. The van der Waals surface area contributed by atoms with E-state index in [4.69, 9.17) is 4.74 Å². The van der Waals surface area contributed by atoms with Crippen LogP contribution in [0.15, 0.2) is 42.5 Å². The second-order valence-corrected chi connectivity index (χ2v) is 7.21. The Balaban J connectivity index is 1.86. The molecule has 0 saturated carbocycles. The Kier molecular flexibility index (Phi) is 8.21. The molecule has 0 aliphatic heterocycles. The van der Waals surface area contributed by atoms with Crippen molar-refractivity contribution in [2.24, 2.45) is 0 Å². The zero-order chi connectivity index (χ0) is 21.4. The Morgan fingerprint density at radius 3 is 2.24 bits per heavy atom. The summed E-state index contributed by atoms with van der Waals surface area (Å²) in [5, 5.41) is 5.86. The van der Waals surface area contributed by atoms with Gasteiger partial charge in [-0.25, -0.2) is 0 Å². The quantitative estimate of drug-likeness (QED) is 0.680. The Morgan fingerprint density at radius 2 is 1.66 bits per heavy atom. The molecule has 156 valence electrons. The molecule has 0 spiro atoms. The number of benzene rings is 2. The SMILES string of the molecule is CCN(CC(=O)Nc1ccc(OC)cc1)CC(=O)N[C@H](C)c1ccc(C)c(C)c1. The summed E-state index contributed by atoms with van der Waals surface area (Å²) in [6, 6.07) is 13.2. The summed E-state index contributed by atoms with van der Waals surface area (Å²) < 4.78 is 5.11. The van der Waals surface area contributed by atoms with E-state index in [1.54, 1.807) is 36.3 Å². The normalized spacial score (nSPS) is 11.8. The maximum absolute atomic E-state index is 12.5. The maximum Gasteiger partial charge on any atom is 0.238 e. The van der Waals surface area contributed by atoms with Crippen molar-refractivity contribution in [1.29, 1.82) is 0 Å². The highest BCUT2D eigenvalue weighted by atomic mass is 16.5. The third kappa shape index (κ3) is 6.91. The van der Waals surface area contributed by atoms with Crippen LogP contribution in [0.2, 0.25) is 0 Å². The summed E-state index contributed by atoms with van der Waals surface area (Å²) >= 11 is 0. The molecule has 29 heavy (non-hydrogen) atoms. The topological polar surface area (TPSA) is 70.7 Å². The minimum absolute atomic E-state index is 0.0892. The van der Waals surface area contributed by atoms with E-state index in [1.807, 2.05) is 19.9 Å². The van der Waals surface area contributed by atoms with Gasteiger partial charge in [0, 0.05) is 5.69 Å². The molecule has 2 N–H and O–H groups in total. The van der Waals surface area contributed by atoms with Crippen molar-refractivity contribution in [1.82, 2.24) is 10.2 Å². The molecule has 6 nitrogen and oxygen atoms in total. The minimum atomic E-state index is -0.160. The van der Waals surface area contributed by atoms with E-state index in [2.05, 4.69) is 36.6 Å². The van der Waals surface area contributed by atoms with Crippen LogP contribution in [-0.4, -0.2) is 43.5 Å². The number of methoxy groups -OCH3 is 1. The van der Waals surface area contributed by atoms with Gasteiger partial charge in [-0.1, -0.05) is 25.1 Å². The molecule has 0 bridgehead atoms. The van der Waals surface area contributed by atoms with Gasteiger partial charge in [0.2, 0.25) is 11.8 Å². The van der Waals surface area contributed by atoms with Crippen LogP contribution in [-0.2, 0) is 9.59 Å². The molecule has 0 fully saturated rings. The number of nitrogens with one attached hydrogen (secondary N) is 2. The van der Waals surface area contributed by atoms with Gasteiger partial charge in [-0.05, 0) is 68.3 Å². The maximum atomic E-state index is 12.5. The molecule has 0 unspecified atom stereocenters. The number of ether oxygens (including phenoxy) is 1. The van der Waals surface area contributed by atoms with Crippen LogP contribution in [0.5, 0.6) is 5.75 Å². The number of aryl methyl sites for hydroxylation is 2. The number of amides is 2. The van der Waals surface area contributed by atoms with E-state index in [-0.39, 0.29) is 30.9 Å². The molecule has 2 aromatic carbocycles. The lowest BCUT2D eigenvalue weighted by Gasteiger charge is -2.21. The average Bonchev–Trinajstić information content (AvgIpc) is 2.69. The van der Waals surface area contributed by atoms with Crippen molar-refractivity contribution in [3.8, 4) is 5.75 Å². The van der Waals surface area contributed by atoms with Crippen molar-refractivity contribution < 1.29 is 14.3 Å². The molecule has 0 aliphatic rings. The molecule has 0 heterocycles. The number of hydrogen-bond donors (Lipinski definition) is 2. The van der Waals surface area contributed by atoms with E-state index < -0.39 is 0 Å². The highest BCUT2D eigenvalue weighted by Crippen LogP contribution is 2.17. The Morgan fingerprint density at radius 1 is 1.00 bits per heavy atom. The minimum Gasteiger partial charge on any atom is -0.497 e. The number of hydrogen-bond acceptors (Lipinski definition) is 4. The van der Waals surface area contributed by atoms with E-state index >= 15 is 0 Å². The van der Waals surface area contributed by atoms with Crippen molar-refractivity contribution in [2.45, 2.75) is 33.7 Å². The van der Waals surface area contributed by atoms with Crippen LogP contribution in [0.1, 0.15) is 36.6 Å². The van der Waals surface area contributed by atoms with Gasteiger partial charge in [-0.2, -0.15) is 0 Å². The molecule has 0 saturated heterocycles. The average molecular weight is 398 g/mol. The van der Waals surface area contributed by atoms with Crippen LogP contribution in [0, 0.1) is 13.8 Å². The fraction of sp³-hybridized carbons (Fsp3) is 0.391. The third-order valence-corrected chi connectivity index (χ3v) is 4.96. The molecule has 0 aromatic heterocycles. The van der Waals surface area contributed by atoms with Crippen LogP contribution in [0.25, 0.3) is 0 Å². The molecule has 0 radical (unpaired) electrons. The number of anilines is 1. The second kappa shape index (κ2) is 10.6. The lowest BCUT2D eigenvalue weighted by Crippen LogP contribution is -2.41. The summed E-state index contributed by atoms with van der Waals surface area (Å²) in [4.78, 5) is 26.6. The van der Waals surface area contributed by atoms with Gasteiger partial charge in [-0.15, -0.1) is 0 Å². The second-order valence-electron chi connectivity index (χ2n) is 7.21. The molecular formula is C23H31N3O3. The number of rotatable bonds is 9. The zero-order valence-corrected chi connectivity index (χ0v) is 17.9. The van der Waals surface area contributed by atoms with Crippen molar-refractivity contribution in [3.05, 3.63) is 59.2 Å². The number of nitrogens with zero attached hydrogens (tertiary/aromatic N) is 1. The highest BCUT2D eigenvalue weighted by Gasteiger charge is 2.16. The summed E-state index contributed by atoms with van der Waals surface area (Å²) in [5.74, 6) is 0.467. The van der Waals surface area contributed by atoms with E-state index in [9.17, 15) is 9.59 Å². The van der Waals surface area contributed by atoms with Crippen LogP contribution >= 0.6 is 0 Å². The summed E-state index contributed by atoms with van der Waals surface area (Å²) in [5.41, 5.74) is 4.20. The van der Waals surface area contributed by atoms with Crippen molar-refractivity contribution >= 4 is 17.5 Å². The van der Waals surface area contributed by atoms with E-state index in [0.717, 1.165) is 11.3 Å². The molecule has 2 aromatic rings. The fourth-order valence-electron chi connectivity index (χ4n) is 2.96. The Labute approximate surface area is 173 Å². The van der Waals surface area contributed by atoms with Gasteiger partial charge in [-0.3, -0.25) is 14.5 Å². The number of likely N-dealkylation sites (N-methyl/N-ethyl adjacent to an activating group) is 1. The fourth-order valence-corrected chi connectivity index (χ4v) is 2.96. The first-order chi connectivity index (χ1) is 13.8. The van der Waals surface area contributed by atoms with Gasteiger partial charge >= 0.3 is 0 Å². The third-order valence-electron chi connectivity index (χ3n) is 4.96. The summed E-state index contributed by atoms with van der Waals surface area (Å²) in [7, 11) is 1.60. The lowest BCUT2D eigenvalue weighted by atomic mass is 10.0. The molecule has 1 atom stereocenters. The van der Waals surface area contributed by atoms with Gasteiger partial charge in [0.1, 0.15) is 5.75 Å². The molecule has 6 heteroatoms. The number of carbonyl (C=O) groups is 2. The summed E-state index contributed by atoms with van der Waals surface area (Å²) in [6.45, 7) is 8.94. The van der Waals surface area contributed by atoms with Crippen molar-refractivity contribution in [2.75, 3.05) is 32.1 Å². The van der Waals surface area contributed by atoms with Gasteiger partial charge < -0.3 is 15.4 Å². The van der Waals surface area contributed by atoms with E-state index in [1.165, 1.54) is 11.1 Å². The van der Waals surface area contributed by atoms with Crippen LogP contribution in [0.3, 0.4) is 0 Å². The predicted molar refractivity (Wildman–Crippen MR) is 116 cm³/mol. The van der Waals surface area contributed by atoms with Gasteiger partial charge in [0.05, 0.1) is 26.2 Å². The van der Waals surface area contributed by atoms with Gasteiger partial charge in [0.15, 0.2) is 0 Å². The molecule has 2 amide bonds. The monoisotopic (exact) mass is 397 g/mol. The standard InChI is InChI=1S/C23H31N3O3/c1-6-26(15-23(28)25-20-9-11-21(29-5)12-10-20)14-22(27)24-18(4)19-8-7-16(2)17(3)13-19/h7-13,18H,6,14-15H2,1-5H3,(H,24,27)(H,25,28)/t18-/m1/s1. The largest absolute Gasteiger partial charge is 0.497 e. The van der Waals surface area contributed by atoms with Crippen molar-refractivity contribution in [3.63, 3.8) is 0 Å². The molecule has 2 rings (SSSR count). The predicted octanol–water partition coefficient (Wildman–Crippen LogP) is 3.45. The first kappa shape index (κ1) is 22.4. The van der Waals surface area contributed by atoms with Gasteiger partial charge in [0.25, 0.3) is 0 Å². The van der Waals surface area contributed by atoms with Crippen LogP contribution < -0.4 is 15.4 Å². The first-order valence-electron chi connectivity index (χ1n) is 9.85. The first-order valence-corrected chi connectivity index (χ1v) is 9.85. The van der Waals surface area contributed by atoms with E-state index in [0.29, 0.717) is 12.2 Å². The van der Waals surface area contributed by atoms with Crippen LogP contribution in [0.4, 0.5) is 5.69 Å². The smallest absolute Gasteiger partial charge is 0.238 e. The molecule has 0 aliphatic carbocycles. The number of carbonyl (C=O) groups excluding carboxylic acids is 2. The molecular weight excluding hydrogens is 366 g/mol. The Bertz CT molecular complexity index is 834. The Hall–Kier alpha value is -2.86. The lowest BCUT2D eigenvalue weighted by molar-refractivity contribution is -0.123.